The van der Waals surface area contributed by atoms with Gasteiger partial charge in [0.1, 0.15) is 0 Å². The highest BCUT2D eigenvalue weighted by atomic mass is 32.2. The summed E-state index contributed by atoms with van der Waals surface area (Å²) in [5, 5.41) is 2.96. The van der Waals surface area contributed by atoms with Crippen molar-refractivity contribution in [1.29, 1.82) is 0 Å². The normalized spacial score (nSPS) is 15.7. The van der Waals surface area contributed by atoms with Gasteiger partial charge in [0, 0.05) is 31.9 Å². The summed E-state index contributed by atoms with van der Waals surface area (Å²) in [6.07, 6.45) is 2.46. The van der Waals surface area contributed by atoms with E-state index in [4.69, 9.17) is 0 Å². The summed E-state index contributed by atoms with van der Waals surface area (Å²) in [6, 6.07) is 7.38. The zero-order valence-corrected chi connectivity index (χ0v) is 12.2. The lowest BCUT2D eigenvalue weighted by Gasteiger charge is -2.15. The summed E-state index contributed by atoms with van der Waals surface area (Å²) < 4.78 is 26.7. The van der Waals surface area contributed by atoms with E-state index in [1.807, 2.05) is 7.05 Å². The molecule has 0 atom stereocenters. The Morgan fingerprint density at radius 1 is 1.26 bits per heavy atom. The molecular weight excluding hydrogens is 262 g/mol. The lowest BCUT2D eigenvalue weighted by atomic mass is 10.3. The summed E-state index contributed by atoms with van der Waals surface area (Å²) in [5.41, 5.74) is 0.896. The van der Waals surface area contributed by atoms with Crippen LogP contribution in [-0.2, 0) is 10.0 Å². The van der Waals surface area contributed by atoms with Crippen molar-refractivity contribution in [3.05, 3.63) is 24.3 Å². The number of anilines is 1. The molecule has 106 valence electrons. The molecule has 1 saturated carbocycles. The van der Waals surface area contributed by atoms with Crippen molar-refractivity contribution in [2.24, 2.45) is 0 Å². The van der Waals surface area contributed by atoms with E-state index in [-0.39, 0.29) is 0 Å². The van der Waals surface area contributed by atoms with E-state index in [2.05, 4.69) is 14.9 Å². The number of nitrogens with one attached hydrogen (secondary N) is 2. The highest BCUT2D eigenvalue weighted by Crippen LogP contribution is 2.24. The molecule has 5 nitrogen and oxygen atoms in total. The van der Waals surface area contributed by atoms with Gasteiger partial charge in [-0.05, 0) is 44.2 Å². The maximum Gasteiger partial charge on any atom is 0.240 e. The molecule has 0 bridgehead atoms. The topological polar surface area (TPSA) is 61.4 Å². The number of benzene rings is 1. The van der Waals surface area contributed by atoms with Crippen LogP contribution in [0.2, 0.25) is 0 Å². The summed E-state index contributed by atoms with van der Waals surface area (Å²) in [7, 11) is 0.446. The molecule has 0 aliphatic heterocycles. The van der Waals surface area contributed by atoms with E-state index in [1.54, 1.807) is 31.3 Å². The second-order valence-electron chi connectivity index (χ2n) is 4.88. The van der Waals surface area contributed by atoms with Gasteiger partial charge in [0.15, 0.2) is 0 Å². The minimum Gasteiger partial charge on any atom is -0.388 e. The van der Waals surface area contributed by atoms with Crippen LogP contribution in [0, 0.1) is 0 Å². The second kappa shape index (κ2) is 5.90. The van der Waals surface area contributed by atoms with E-state index in [0.717, 1.165) is 12.2 Å². The zero-order valence-electron chi connectivity index (χ0n) is 11.4. The van der Waals surface area contributed by atoms with Crippen molar-refractivity contribution in [3.63, 3.8) is 0 Å². The first-order chi connectivity index (χ1) is 9.03. The Bertz CT molecular complexity index is 509. The van der Waals surface area contributed by atoms with Gasteiger partial charge in [-0.15, -0.1) is 0 Å². The van der Waals surface area contributed by atoms with Crippen molar-refractivity contribution in [3.8, 4) is 0 Å². The van der Waals surface area contributed by atoms with Crippen LogP contribution in [0.3, 0.4) is 0 Å². The predicted octanol–water partition coefficient (Wildman–Crippen LogP) is 1.10. The highest BCUT2D eigenvalue weighted by molar-refractivity contribution is 7.89. The molecule has 19 heavy (non-hydrogen) atoms. The Morgan fingerprint density at radius 2 is 1.89 bits per heavy atom. The molecule has 1 fully saturated rings. The molecule has 1 aromatic carbocycles. The SMILES string of the molecule is CNc1ccc(S(=O)(=O)NCCN(C)C2CC2)cc1. The number of likely N-dealkylation sites (N-methyl/N-ethyl adjacent to an activating group) is 1. The summed E-state index contributed by atoms with van der Waals surface area (Å²) in [5.74, 6) is 0. The molecule has 0 saturated heterocycles. The molecule has 0 spiro atoms. The summed E-state index contributed by atoms with van der Waals surface area (Å²) in [6.45, 7) is 1.20. The van der Waals surface area contributed by atoms with Gasteiger partial charge in [-0.3, -0.25) is 0 Å². The van der Waals surface area contributed by atoms with E-state index in [1.165, 1.54) is 12.8 Å². The molecule has 2 rings (SSSR count). The van der Waals surface area contributed by atoms with Crippen molar-refractivity contribution in [2.75, 3.05) is 32.5 Å². The van der Waals surface area contributed by atoms with Crippen LogP contribution in [0.25, 0.3) is 0 Å². The Labute approximate surface area is 115 Å². The van der Waals surface area contributed by atoms with Crippen LogP contribution >= 0.6 is 0 Å². The van der Waals surface area contributed by atoms with Crippen LogP contribution in [0.15, 0.2) is 29.2 Å². The quantitative estimate of drug-likeness (QED) is 0.787. The van der Waals surface area contributed by atoms with Crippen LogP contribution in [0.4, 0.5) is 5.69 Å². The average molecular weight is 283 g/mol. The molecular formula is C13H21N3O2S. The standard InChI is InChI=1S/C13H21N3O2S/c1-14-11-3-7-13(8-4-11)19(17,18)15-9-10-16(2)12-5-6-12/h3-4,7-8,12,14-15H,5-6,9-10H2,1-2H3. The first-order valence-corrected chi connectivity index (χ1v) is 7.99. The third-order valence-electron chi connectivity index (χ3n) is 3.38. The lowest BCUT2D eigenvalue weighted by Crippen LogP contribution is -2.33. The minimum absolute atomic E-state index is 0.306. The van der Waals surface area contributed by atoms with Gasteiger partial charge in [-0.25, -0.2) is 13.1 Å². The van der Waals surface area contributed by atoms with Crippen molar-refractivity contribution < 1.29 is 8.42 Å². The molecule has 0 heterocycles. The first kappa shape index (κ1) is 14.3. The number of hydrogen-bond acceptors (Lipinski definition) is 4. The molecule has 6 heteroatoms. The first-order valence-electron chi connectivity index (χ1n) is 6.50. The van der Waals surface area contributed by atoms with Gasteiger partial charge >= 0.3 is 0 Å². The van der Waals surface area contributed by atoms with Crippen molar-refractivity contribution in [1.82, 2.24) is 9.62 Å². The van der Waals surface area contributed by atoms with Gasteiger partial charge in [0.05, 0.1) is 4.90 Å². The molecule has 0 radical (unpaired) electrons. The molecule has 1 aromatic rings. The zero-order chi connectivity index (χ0) is 13.9. The summed E-state index contributed by atoms with van der Waals surface area (Å²) >= 11 is 0. The highest BCUT2D eigenvalue weighted by Gasteiger charge is 2.25. The molecule has 0 aromatic heterocycles. The fourth-order valence-electron chi connectivity index (χ4n) is 1.94. The van der Waals surface area contributed by atoms with Crippen LogP contribution < -0.4 is 10.0 Å². The smallest absolute Gasteiger partial charge is 0.240 e. The maximum atomic E-state index is 12.0. The molecule has 2 N–H and O–H groups in total. The molecule has 1 aliphatic carbocycles. The minimum atomic E-state index is -3.39. The molecule has 1 aliphatic rings. The van der Waals surface area contributed by atoms with Gasteiger partial charge < -0.3 is 10.2 Å². The Morgan fingerprint density at radius 3 is 2.42 bits per heavy atom. The number of sulfonamides is 1. The Hall–Kier alpha value is -1.11. The van der Waals surface area contributed by atoms with E-state index >= 15 is 0 Å². The van der Waals surface area contributed by atoms with Gasteiger partial charge in [0.25, 0.3) is 0 Å². The predicted molar refractivity (Wildman–Crippen MR) is 76.8 cm³/mol. The Kier molecular flexibility index (Phi) is 4.44. The number of hydrogen-bond donors (Lipinski definition) is 2. The second-order valence-corrected chi connectivity index (χ2v) is 6.65. The third kappa shape index (κ3) is 3.92. The van der Waals surface area contributed by atoms with Crippen LogP contribution in [0.1, 0.15) is 12.8 Å². The monoisotopic (exact) mass is 283 g/mol. The third-order valence-corrected chi connectivity index (χ3v) is 4.86. The van der Waals surface area contributed by atoms with Crippen molar-refractivity contribution >= 4 is 15.7 Å². The fourth-order valence-corrected chi connectivity index (χ4v) is 2.96. The number of nitrogens with zero attached hydrogens (tertiary/aromatic N) is 1. The van der Waals surface area contributed by atoms with Gasteiger partial charge in [-0.2, -0.15) is 0 Å². The fraction of sp³-hybridized carbons (Fsp3) is 0.538. The maximum absolute atomic E-state index is 12.0. The van der Waals surface area contributed by atoms with E-state index in [0.29, 0.717) is 17.5 Å². The largest absolute Gasteiger partial charge is 0.388 e. The van der Waals surface area contributed by atoms with Gasteiger partial charge in [0.2, 0.25) is 10.0 Å². The average Bonchev–Trinajstić information content (AvgIpc) is 3.23. The van der Waals surface area contributed by atoms with Gasteiger partial charge in [-0.1, -0.05) is 0 Å². The number of rotatable bonds is 7. The Balaban J connectivity index is 1.89. The molecule has 0 unspecified atom stereocenters. The van der Waals surface area contributed by atoms with E-state index < -0.39 is 10.0 Å². The summed E-state index contributed by atoms with van der Waals surface area (Å²) in [4.78, 5) is 2.51. The van der Waals surface area contributed by atoms with Crippen LogP contribution in [-0.4, -0.2) is 46.5 Å². The van der Waals surface area contributed by atoms with E-state index in [9.17, 15) is 8.42 Å². The lowest BCUT2D eigenvalue weighted by molar-refractivity contribution is 0.329. The molecule has 0 amide bonds. The van der Waals surface area contributed by atoms with Crippen LogP contribution in [0.5, 0.6) is 0 Å². The van der Waals surface area contributed by atoms with Crippen molar-refractivity contribution in [2.45, 2.75) is 23.8 Å².